The van der Waals surface area contributed by atoms with Gasteiger partial charge in [0.1, 0.15) is 11.0 Å². The number of piperidine rings is 1. The monoisotopic (exact) mass is 872 g/mol. The number of anilines is 2. The Hall–Kier alpha value is -6.00. The first-order chi connectivity index (χ1) is 30.8. The molecule has 0 amide bonds. The number of benzene rings is 2. The maximum Gasteiger partial charge on any atom is 0.298 e. The van der Waals surface area contributed by atoms with Gasteiger partial charge in [0.25, 0.3) is 12.0 Å². The van der Waals surface area contributed by atoms with Gasteiger partial charge in [0.2, 0.25) is 0 Å². The average Bonchev–Trinajstić information content (AvgIpc) is 4.15. The summed E-state index contributed by atoms with van der Waals surface area (Å²) in [6.45, 7) is 21.2. The maximum atomic E-state index is 15.0. The molecule has 336 valence electrons. The van der Waals surface area contributed by atoms with Crippen LogP contribution in [0.2, 0.25) is 0 Å². The first kappa shape index (κ1) is 43.3. The Labute approximate surface area is 371 Å². The molecule has 6 aromatic heterocycles. The molecule has 11 rings (SSSR count). The molecule has 8 aromatic rings. The van der Waals surface area contributed by atoms with Crippen LogP contribution in [-0.2, 0) is 0 Å². The van der Waals surface area contributed by atoms with E-state index in [1.165, 1.54) is 18.6 Å². The number of oxazole rings is 2. The second-order valence-electron chi connectivity index (χ2n) is 17.8. The molecular formula is C48H58F2N12O2. The van der Waals surface area contributed by atoms with E-state index in [0.29, 0.717) is 57.2 Å². The first-order valence-electron chi connectivity index (χ1n) is 22.6. The fourth-order valence-electron chi connectivity index (χ4n) is 9.68. The minimum atomic E-state index is -0.405. The molecule has 1 unspecified atom stereocenters. The summed E-state index contributed by atoms with van der Waals surface area (Å²) < 4.78 is 45.5. The topological polar surface area (TPSA) is 125 Å². The van der Waals surface area contributed by atoms with Crippen LogP contribution in [0.1, 0.15) is 69.0 Å². The molecule has 64 heavy (non-hydrogen) atoms. The van der Waals surface area contributed by atoms with Crippen molar-refractivity contribution in [2.75, 3.05) is 69.7 Å². The molecule has 1 spiro atoms. The second-order valence-corrected chi connectivity index (χ2v) is 17.8. The quantitative estimate of drug-likeness (QED) is 0.158. The van der Waals surface area contributed by atoms with Gasteiger partial charge in [0, 0.05) is 62.4 Å². The number of fused-ring (bicyclic) bond motifs is 4. The minimum Gasteiger partial charge on any atom is -0.423 e. The molecule has 0 radical (unpaired) electrons. The van der Waals surface area contributed by atoms with Crippen molar-refractivity contribution in [1.82, 2.24) is 49.0 Å². The van der Waals surface area contributed by atoms with E-state index < -0.39 is 11.6 Å². The summed E-state index contributed by atoms with van der Waals surface area (Å²) in [5.74, 6) is -0.795. The van der Waals surface area contributed by atoms with Gasteiger partial charge >= 0.3 is 0 Å². The predicted molar refractivity (Wildman–Crippen MR) is 247 cm³/mol. The second kappa shape index (κ2) is 17.2. The third-order valence-corrected chi connectivity index (χ3v) is 13.1. The third kappa shape index (κ3) is 8.17. The largest absolute Gasteiger partial charge is 0.423 e. The lowest BCUT2D eigenvalue weighted by Gasteiger charge is -2.35. The standard InChI is InChI=1S/C23H25FN6O.C23H27FN6O.C2H6/c1-14-8-18(27-30-11-15(2)25-21(14)30)16-9-17(24)20-19(10-16)31-22(26-20)29-7-5-23(13-29)4-6-28(3)12-23;1-5-29-8-6-17(7-9-29)28(4)23-26-21-18(24)11-16(12-20(21)31-23)19-10-14(2)22-25-15(3)13-30(22)27-19;1-2/h8-11H,4-7,12-13H2,1-3H3;10-13,17H,5-9H2,1-4H3;1-2H3. The van der Waals surface area contributed by atoms with Gasteiger partial charge in [-0.25, -0.2) is 27.8 Å². The normalized spacial score (nSPS) is 18.5. The lowest BCUT2D eigenvalue weighted by Crippen LogP contribution is -2.43. The van der Waals surface area contributed by atoms with Crippen molar-refractivity contribution in [3.8, 4) is 22.5 Å². The number of aryl methyl sites for hydroxylation is 4. The first-order valence-corrected chi connectivity index (χ1v) is 22.6. The molecule has 0 N–H and O–H groups in total. The van der Waals surface area contributed by atoms with Crippen LogP contribution < -0.4 is 9.80 Å². The molecule has 3 aliphatic heterocycles. The molecule has 0 aliphatic carbocycles. The Balaban J connectivity index is 0.000000156. The van der Waals surface area contributed by atoms with Crippen molar-refractivity contribution < 1.29 is 17.6 Å². The van der Waals surface area contributed by atoms with Gasteiger partial charge in [0.05, 0.1) is 35.2 Å². The van der Waals surface area contributed by atoms with Gasteiger partial charge in [-0.1, -0.05) is 20.8 Å². The van der Waals surface area contributed by atoms with Gasteiger partial charge in [0.15, 0.2) is 34.1 Å². The van der Waals surface area contributed by atoms with E-state index in [1.54, 1.807) is 9.03 Å². The summed E-state index contributed by atoms with van der Waals surface area (Å²) in [5, 5.41) is 9.24. The van der Waals surface area contributed by atoms with Gasteiger partial charge in [-0.3, -0.25) is 0 Å². The zero-order valence-electron chi connectivity index (χ0n) is 38.4. The van der Waals surface area contributed by atoms with Gasteiger partial charge < -0.3 is 28.4 Å². The van der Waals surface area contributed by atoms with Crippen LogP contribution >= 0.6 is 0 Å². The molecule has 16 heteroatoms. The van der Waals surface area contributed by atoms with Crippen LogP contribution in [0.4, 0.5) is 20.8 Å². The van der Waals surface area contributed by atoms with E-state index >= 15 is 4.39 Å². The number of imidazole rings is 2. The summed E-state index contributed by atoms with van der Waals surface area (Å²) in [7, 11) is 4.15. The van der Waals surface area contributed by atoms with Crippen molar-refractivity contribution in [3.05, 3.63) is 82.9 Å². The molecular weight excluding hydrogens is 815 g/mol. The van der Waals surface area contributed by atoms with E-state index in [2.05, 4.69) is 63.7 Å². The van der Waals surface area contributed by atoms with Gasteiger partial charge in [-0.2, -0.15) is 20.2 Å². The lowest BCUT2D eigenvalue weighted by atomic mass is 9.86. The molecule has 3 aliphatic rings. The van der Waals surface area contributed by atoms with Crippen LogP contribution in [0.25, 0.3) is 56.0 Å². The molecule has 0 saturated carbocycles. The molecule has 9 heterocycles. The van der Waals surface area contributed by atoms with Crippen molar-refractivity contribution in [2.24, 2.45) is 5.41 Å². The summed E-state index contributed by atoms with van der Waals surface area (Å²) in [4.78, 5) is 27.0. The lowest BCUT2D eigenvalue weighted by molar-refractivity contribution is 0.218. The van der Waals surface area contributed by atoms with Gasteiger partial charge in [-0.05, 0) is 121 Å². The summed E-state index contributed by atoms with van der Waals surface area (Å²) in [6, 6.07) is 11.8. The number of likely N-dealkylation sites (tertiary alicyclic amines) is 2. The Morgan fingerprint density at radius 2 is 1.25 bits per heavy atom. The van der Waals surface area contributed by atoms with Crippen LogP contribution in [0.5, 0.6) is 0 Å². The Bertz CT molecular complexity index is 2980. The Morgan fingerprint density at radius 1 is 0.703 bits per heavy atom. The summed E-state index contributed by atoms with van der Waals surface area (Å²) in [5.41, 5.74) is 9.76. The number of nitrogens with zero attached hydrogens (tertiary/aromatic N) is 12. The van der Waals surface area contributed by atoms with E-state index in [0.717, 1.165) is 98.9 Å². The molecule has 1 atom stereocenters. The van der Waals surface area contributed by atoms with Gasteiger partial charge in [-0.15, -0.1) is 0 Å². The zero-order chi connectivity index (χ0) is 45.0. The van der Waals surface area contributed by atoms with Crippen LogP contribution in [-0.4, -0.2) is 115 Å². The predicted octanol–water partition coefficient (Wildman–Crippen LogP) is 9.07. The smallest absolute Gasteiger partial charge is 0.298 e. The summed E-state index contributed by atoms with van der Waals surface area (Å²) in [6.07, 6.45) is 8.15. The molecule has 2 aromatic carbocycles. The average molecular weight is 873 g/mol. The highest BCUT2D eigenvalue weighted by Gasteiger charge is 2.43. The minimum absolute atomic E-state index is 0.257. The fraction of sp³-hybridized carbons (Fsp3) is 0.458. The number of rotatable bonds is 6. The van der Waals surface area contributed by atoms with Crippen LogP contribution in [0.3, 0.4) is 0 Å². The van der Waals surface area contributed by atoms with E-state index in [1.807, 2.05) is 85.2 Å². The Kier molecular flexibility index (Phi) is 11.6. The van der Waals surface area contributed by atoms with Crippen molar-refractivity contribution in [1.29, 1.82) is 0 Å². The van der Waals surface area contributed by atoms with Crippen molar-refractivity contribution in [2.45, 2.75) is 80.2 Å². The fourth-order valence-corrected chi connectivity index (χ4v) is 9.68. The highest BCUT2D eigenvalue weighted by atomic mass is 19.1. The van der Waals surface area contributed by atoms with Crippen LogP contribution in [0.15, 0.2) is 57.6 Å². The zero-order valence-corrected chi connectivity index (χ0v) is 38.4. The SMILES string of the molecule is CC.CCN1CCC(N(C)c2nc3c(F)cc(-c4cc(C)c5nc(C)cn5n4)cc3o2)CC1.Cc1cn2nc(-c3cc(F)c4nc(N5CCC6(CCN(C)C6)C5)oc4c3)cc(C)c2n1. The highest BCUT2D eigenvalue weighted by molar-refractivity contribution is 5.83. The summed E-state index contributed by atoms with van der Waals surface area (Å²) >= 11 is 0. The maximum absolute atomic E-state index is 15.0. The number of aromatic nitrogens is 8. The van der Waals surface area contributed by atoms with Crippen molar-refractivity contribution in [3.63, 3.8) is 0 Å². The molecule has 3 saturated heterocycles. The third-order valence-electron chi connectivity index (χ3n) is 13.1. The molecule has 3 fully saturated rings. The van der Waals surface area contributed by atoms with E-state index in [-0.39, 0.29) is 11.0 Å². The number of halogens is 2. The molecule has 14 nitrogen and oxygen atoms in total. The van der Waals surface area contributed by atoms with E-state index in [9.17, 15) is 4.39 Å². The van der Waals surface area contributed by atoms with E-state index in [4.69, 9.17) is 8.83 Å². The number of hydrogen-bond acceptors (Lipinski definition) is 12. The Morgan fingerprint density at radius 3 is 1.80 bits per heavy atom. The van der Waals surface area contributed by atoms with Crippen LogP contribution in [0, 0.1) is 44.7 Å². The van der Waals surface area contributed by atoms with Crippen molar-refractivity contribution >= 4 is 45.5 Å². The molecule has 0 bridgehead atoms. The number of hydrogen-bond donors (Lipinski definition) is 0. The highest BCUT2D eigenvalue weighted by Crippen LogP contribution is 2.41.